The van der Waals surface area contributed by atoms with E-state index in [1.54, 1.807) is 0 Å². The van der Waals surface area contributed by atoms with E-state index in [0.29, 0.717) is 24.5 Å². The maximum atomic E-state index is 5.65. The van der Waals surface area contributed by atoms with E-state index in [1.807, 2.05) is 0 Å². The summed E-state index contributed by atoms with van der Waals surface area (Å²) in [4.78, 5) is 2.19. The van der Waals surface area contributed by atoms with Gasteiger partial charge in [-0.15, -0.1) is 5.10 Å². The average molecular weight is 238 g/mol. The van der Waals surface area contributed by atoms with Gasteiger partial charge in [-0.2, -0.15) is 0 Å². The van der Waals surface area contributed by atoms with Gasteiger partial charge in [0.1, 0.15) is 0 Å². The van der Waals surface area contributed by atoms with Crippen LogP contribution in [0, 0.1) is 5.92 Å². The molecule has 17 heavy (non-hydrogen) atoms. The fourth-order valence-corrected chi connectivity index (χ4v) is 2.08. The molecular weight excluding hydrogens is 216 g/mol. The van der Waals surface area contributed by atoms with Gasteiger partial charge in [-0.05, 0) is 12.3 Å². The number of nitrogens with one attached hydrogen (secondary N) is 1. The van der Waals surface area contributed by atoms with Crippen LogP contribution in [0.15, 0.2) is 4.42 Å². The van der Waals surface area contributed by atoms with Gasteiger partial charge in [-0.1, -0.05) is 32.3 Å². The summed E-state index contributed by atoms with van der Waals surface area (Å²) < 4.78 is 5.65. The highest BCUT2D eigenvalue weighted by atomic mass is 16.4. The molecule has 0 spiro atoms. The van der Waals surface area contributed by atoms with Crippen molar-refractivity contribution in [2.45, 2.75) is 46.2 Å². The summed E-state index contributed by atoms with van der Waals surface area (Å²) in [5.74, 6) is 1.45. The summed E-state index contributed by atoms with van der Waals surface area (Å²) in [6.07, 6.45) is 2.46. The van der Waals surface area contributed by atoms with Crippen LogP contribution in [0.25, 0.3) is 0 Å². The molecule has 1 aliphatic heterocycles. The SMILES string of the molecule is CCC1CCN(c2nnc(CNC(C)C)o2)C1. The minimum Gasteiger partial charge on any atom is -0.407 e. The van der Waals surface area contributed by atoms with Crippen LogP contribution < -0.4 is 10.2 Å². The third-order valence-corrected chi connectivity index (χ3v) is 3.25. The zero-order chi connectivity index (χ0) is 12.3. The summed E-state index contributed by atoms with van der Waals surface area (Å²) in [5, 5.41) is 11.4. The molecule has 0 bridgehead atoms. The van der Waals surface area contributed by atoms with E-state index in [9.17, 15) is 0 Å². The van der Waals surface area contributed by atoms with Crippen LogP contribution in [0.4, 0.5) is 6.01 Å². The van der Waals surface area contributed by atoms with Crippen molar-refractivity contribution in [3.63, 3.8) is 0 Å². The van der Waals surface area contributed by atoms with E-state index < -0.39 is 0 Å². The van der Waals surface area contributed by atoms with Crippen molar-refractivity contribution >= 4 is 6.01 Å². The molecule has 96 valence electrons. The lowest BCUT2D eigenvalue weighted by molar-refractivity contribution is 0.448. The number of aromatic nitrogens is 2. The Morgan fingerprint density at radius 2 is 2.29 bits per heavy atom. The van der Waals surface area contributed by atoms with Crippen LogP contribution in [0.1, 0.15) is 39.5 Å². The van der Waals surface area contributed by atoms with E-state index in [-0.39, 0.29) is 0 Å². The highest BCUT2D eigenvalue weighted by Crippen LogP contribution is 2.24. The summed E-state index contributed by atoms with van der Waals surface area (Å²) >= 11 is 0. The van der Waals surface area contributed by atoms with Crippen LogP contribution in [0.2, 0.25) is 0 Å². The van der Waals surface area contributed by atoms with Crippen LogP contribution in [0.5, 0.6) is 0 Å². The zero-order valence-corrected chi connectivity index (χ0v) is 10.9. The third kappa shape index (κ3) is 3.19. The van der Waals surface area contributed by atoms with Crippen LogP contribution in [-0.2, 0) is 6.54 Å². The first-order chi connectivity index (χ1) is 8.19. The molecule has 0 amide bonds. The summed E-state index contributed by atoms with van der Waals surface area (Å²) in [7, 11) is 0. The van der Waals surface area contributed by atoms with Crippen LogP contribution >= 0.6 is 0 Å². The Balaban J connectivity index is 1.90. The van der Waals surface area contributed by atoms with Gasteiger partial charge in [-0.25, -0.2) is 0 Å². The monoisotopic (exact) mass is 238 g/mol. The standard InChI is InChI=1S/C12H22N4O/c1-4-10-5-6-16(8-10)12-15-14-11(17-12)7-13-9(2)3/h9-10,13H,4-8H2,1-3H3. The Bertz CT molecular complexity index is 350. The Kier molecular flexibility index (Phi) is 3.99. The Morgan fingerprint density at radius 3 is 2.94 bits per heavy atom. The topological polar surface area (TPSA) is 54.2 Å². The minimum atomic E-state index is 0.432. The molecule has 1 aromatic rings. The fourth-order valence-electron chi connectivity index (χ4n) is 2.08. The molecule has 1 saturated heterocycles. The Hall–Kier alpha value is -1.10. The molecule has 0 saturated carbocycles. The lowest BCUT2D eigenvalue weighted by atomic mass is 10.1. The molecule has 5 nitrogen and oxygen atoms in total. The van der Waals surface area contributed by atoms with Gasteiger partial charge in [0.25, 0.3) is 0 Å². The number of anilines is 1. The zero-order valence-electron chi connectivity index (χ0n) is 10.9. The first-order valence-electron chi connectivity index (χ1n) is 6.49. The first kappa shape index (κ1) is 12.4. The van der Waals surface area contributed by atoms with E-state index in [4.69, 9.17) is 4.42 Å². The maximum Gasteiger partial charge on any atom is 0.318 e. The largest absolute Gasteiger partial charge is 0.407 e. The van der Waals surface area contributed by atoms with Crippen molar-refractivity contribution in [2.75, 3.05) is 18.0 Å². The molecule has 1 N–H and O–H groups in total. The lowest BCUT2D eigenvalue weighted by Gasteiger charge is -2.11. The molecule has 5 heteroatoms. The molecule has 0 aromatic carbocycles. The van der Waals surface area contributed by atoms with E-state index in [0.717, 1.165) is 19.0 Å². The summed E-state index contributed by atoms with van der Waals surface area (Å²) in [6.45, 7) is 9.18. The smallest absolute Gasteiger partial charge is 0.318 e. The molecule has 1 fully saturated rings. The van der Waals surface area contributed by atoms with Gasteiger partial charge in [0.2, 0.25) is 5.89 Å². The Morgan fingerprint density at radius 1 is 1.47 bits per heavy atom. The van der Waals surface area contributed by atoms with E-state index in [2.05, 4.69) is 41.2 Å². The maximum absolute atomic E-state index is 5.65. The number of rotatable bonds is 5. The number of nitrogens with zero attached hydrogens (tertiary/aromatic N) is 3. The van der Waals surface area contributed by atoms with Gasteiger partial charge in [0.15, 0.2) is 0 Å². The predicted molar refractivity (Wildman–Crippen MR) is 66.9 cm³/mol. The van der Waals surface area contributed by atoms with Crippen molar-refractivity contribution in [3.8, 4) is 0 Å². The molecule has 2 rings (SSSR count). The molecule has 1 aliphatic rings. The second-order valence-electron chi connectivity index (χ2n) is 5.02. The van der Waals surface area contributed by atoms with E-state index in [1.165, 1.54) is 12.8 Å². The molecule has 1 unspecified atom stereocenters. The fraction of sp³-hybridized carbons (Fsp3) is 0.833. The minimum absolute atomic E-state index is 0.432. The summed E-state index contributed by atoms with van der Waals surface area (Å²) in [6, 6.07) is 1.11. The van der Waals surface area contributed by atoms with Gasteiger partial charge in [-0.3, -0.25) is 0 Å². The third-order valence-electron chi connectivity index (χ3n) is 3.25. The first-order valence-corrected chi connectivity index (χ1v) is 6.49. The van der Waals surface area contributed by atoms with Gasteiger partial charge >= 0.3 is 6.01 Å². The normalized spacial score (nSPS) is 20.5. The Labute approximate surface area is 103 Å². The second kappa shape index (κ2) is 5.49. The van der Waals surface area contributed by atoms with Crippen molar-refractivity contribution < 1.29 is 4.42 Å². The molecule has 0 radical (unpaired) electrons. The molecular formula is C12H22N4O. The van der Waals surface area contributed by atoms with Crippen molar-refractivity contribution in [1.29, 1.82) is 0 Å². The van der Waals surface area contributed by atoms with E-state index >= 15 is 0 Å². The molecule has 2 heterocycles. The predicted octanol–water partition coefficient (Wildman–Crippen LogP) is 1.80. The van der Waals surface area contributed by atoms with Crippen molar-refractivity contribution in [2.24, 2.45) is 5.92 Å². The second-order valence-corrected chi connectivity index (χ2v) is 5.02. The highest BCUT2D eigenvalue weighted by molar-refractivity contribution is 5.26. The lowest BCUT2D eigenvalue weighted by Crippen LogP contribution is -2.22. The van der Waals surface area contributed by atoms with Gasteiger partial charge in [0.05, 0.1) is 6.54 Å². The average Bonchev–Trinajstić information content (AvgIpc) is 2.94. The van der Waals surface area contributed by atoms with Crippen molar-refractivity contribution in [3.05, 3.63) is 5.89 Å². The highest BCUT2D eigenvalue weighted by Gasteiger charge is 2.24. The molecule has 0 aliphatic carbocycles. The number of hydrogen-bond acceptors (Lipinski definition) is 5. The quantitative estimate of drug-likeness (QED) is 0.847. The van der Waals surface area contributed by atoms with Crippen LogP contribution in [0.3, 0.4) is 0 Å². The van der Waals surface area contributed by atoms with Gasteiger partial charge in [0, 0.05) is 19.1 Å². The van der Waals surface area contributed by atoms with Crippen molar-refractivity contribution in [1.82, 2.24) is 15.5 Å². The van der Waals surface area contributed by atoms with Crippen LogP contribution in [-0.4, -0.2) is 29.3 Å². The molecule has 1 aromatic heterocycles. The molecule has 1 atom stereocenters. The number of hydrogen-bond donors (Lipinski definition) is 1. The summed E-state index contributed by atoms with van der Waals surface area (Å²) in [5.41, 5.74) is 0. The van der Waals surface area contributed by atoms with Gasteiger partial charge < -0.3 is 14.6 Å².